The van der Waals surface area contributed by atoms with Gasteiger partial charge >= 0.3 is 33.5 Å². The second kappa shape index (κ2) is 13.3. The van der Waals surface area contributed by atoms with Crippen LogP contribution in [0.3, 0.4) is 0 Å². The Morgan fingerprint density at radius 2 is 1.12 bits per heavy atom. The second-order valence-corrected chi connectivity index (χ2v) is 10.5. The number of halogens is 3. The molecule has 3 aromatic carbocycles. The van der Waals surface area contributed by atoms with Crippen LogP contribution in [0.1, 0.15) is 31.1 Å². The first kappa shape index (κ1) is 31.6. The fraction of sp³-hybridized carbons (Fsp3) is 0.250. The van der Waals surface area contributed by atoms with E-state index in [1.54, 1.807) is 18.2 Å². The highest BCUT2D eigenvalue weighted by Gasteiger charge is 2.57. The molecule has 0 spiro atoms. The molecule has 228 valence electrons. The van der Waals surface area contributed by atoms with Gasteiger partial charge in [0.25, 0.3) is 0 Å². The zero-order valence-electron chi connectivity index (χ0n) is 21.8. The number of aliphatic hydroxyl groups is 1. The maximum Gasteiger partial charge on any atom is 0.523 e. The van der Waals surface area contributed by atoms with Crippen LogP contribution in [-0.4, -0.2) is 74.3 Å². The highest BCUT2D eigenvalue weighted by Crippen LogP contribution is 2.34. The number of esters is 3. The quantitative estimate of drug-likeness (QED) is 0.162. The Bertz CT molecular complexity index is 1520. The van der Waals surface area contributed by atoms with Crippen molar-refractivity contribution in [3.05, 3.63) is 108 Å². The summed E-state index contributed by atoms with van der Waals surface area (Å²) in [5, 5.41) is 10.8. The number of benzene rings is 3. The van der Waals surface area contributed by atoms with Crippen molar-refractivity contribution in [1.29, 1.82) is 0 Å². The number of hydrogen-bond donors (Lipinski definition) is 1. The summed E-state index contributed by atoms with van der Waals surface area (Å²) in [6.07, 6.45) is -10.9. The summed E-state index contributed by atoms with van der Waals surface area (Å²) in [6.45, 7) is -0.971. The third-order valence-corrected chi connectivity index (χ3v) is 7.07. The number of rotatable bonds is 9. The van der Waals surface area contributed by atoms with Gasteiger partial charge in [-0.15, -0.1) is 0 Å². The largest absolute Gasteiger partial charge is 0.523 e. The van der Waals surface area contributed by atoms with Gasteiger partial charge in [0.15, 0.2) is 18.5 Å². The van der Waals surface area contributed by atoms with Crippen LogP contribution >= 0.6 is 0 Å². The summed E-state index contributed by atoms with van der Waals surface area (Å²) in [6, 6.07) is 21.5. The fourth-order valence-corrected chi connectivity index (χ4v) is 4.59. The van der Waals surface area contributed by atoms with E-state index in [2.05, 4.69) is 4.18 Å². The van der Waals surface area contributed by atoms with Crippen LogP contribution in [0.4, 0.5) is 13.2 Å². The molecule has 5 atom stereocenters. The Hall–Kier alpha value is -4.31. The van der Waals surface area contributed by atoms with Crippen LogP contribution in [0, 0.1) is 0 Å². The van der Waals surface area contributed by atoms with E-state index in [0.29, 0.717) is 0 Å². The molecule has 43 heavy (non-hydrogen) atoms. The van der Waals surface area contributed by atoms with E-state index in [1.165, 1.54) is 72.8 Å². The molecule has 1 fully saturated rings. The predicted octanol–water partition coefficient (Wildman–Crippen LogP) is 3.25. The third-order valence-electron chi connectivity index (χ3n) is 6.02. The van der Waals surface area contributed by atoms with Crippen molar-refractivity contribution in [2.24, 2.45) is 0 Å². The molecule has 1 heterocycles. The van der Waals surface area contributed by atoms with Gasteiger partial charge in [-0.1, -0.05) is 54.6 Å². The van der Waals surface area contributed by atoms with E-state index in [-0.39, 0.29) is 16.7 Å². The number of ether oxygens (including phenoxy) is 4. The lowest BCUT2D eigenvalue weighted by atomic mass is 9.98. The van der Waals surface area contributed by atoms with Gasteiger partial charge in [-0.25, -0.2) is 14.4 Å². The molecule has 1 aliphatic heterocycles. The molecular formula is C28H23F3O11S. The molecule has 0 amide bonds. The molecule has 0 aliphatic carbocycles. The van der Waals surface area contributed by atoms with Crippen molar-refractivity contribution in [1.82, 2.24) is 0 Å². The lowest BCUT2D eigenvalue weighted by Gasteiger charge is -2.42. The maximum atomic E-state index is 13.4. The van der Waals surface area contributed by atoms with Gasteiger partial charge in [-0.2, -0.15) is 21.6 Å². The van der Waals surface area contributed by atoms with E-state index in [4.69, 9.17) is 18.9 Å². The summed E-state index contributed by atoms with van der Waals surface area (Å²) >= 11 is 0. The first-order valence-corrected chi connectivity index (χ1v) is 13.9. The van der Waals surface area contributed by atoms with Gasteiger partial charge in [-0.3, -0.25) is 4.18 Å². The van der Waals surface area contributed by atoms with Crippen LogP contribution in [0.2, 0.25) is 0 Å². The van der Waals surface area contributed by atoms with E-state index in [0.717, 1.165) is 0 Å². The third kappa shape index (κ3) is 7.75. The van der Waals surface area contributed by atoms with Crippen molar-refractivity contribution in [2.45, 2.75) is 36.2 Å². The molecule has 1 N–H and O–H groups in total. The molecule has 0 aromatic heterocycles. The Morgan fingerprint density at radius 3 is 1.56 bits per heavy atom. The minimum Gasteiger partial charge on any atom is -0.459 e. The van der Waals surface area contributed by atoms with E-state index in [9.17, 15) is 41.1 Å². The van der Waals surface area contributed by atoms with Crippen molar-refractivity contribution >= 4 is 28.0 Å². The van der Waals surface area contributed by atoms with Crippen molar-refractivity contribution in [3.63, 3.8) is 0 Å². The van der Waals surface area contributed by atoms with Crippen LogP contribution in [-0.2, 0) is 33.2 Å². The predicted molar refractivity (Wildman–Crippen MR) is 139 cm³/mol. The number of aliphatic hydroxyl groups excluding tert-OH is 1. The molecular weight excluding hydrogens is 601 g/mol. The monoisotopic (exact) mass is 624 g/mol. The zero-order chi connectivity index (χ0) is 31.2. The van der Waals surface area contributed by atoms with Crippen molar-refractivity contribution in [3.8, 4) is 0 Å². The summed E-state index contributed by atoms with van der Waals surface area (Å²) in [4.78, 5) is 38.3. The van der Waals surface area contributed by atoms with Gasteiger partial charge in [0.2, 0.25) is 0 Å². The van der Waals surface area contributed by atoms with Crippen LogP contribution in [0.25, 0.3) is 0 Å². The number of alkyl halides is 3. The molecule has 5 unspecified atom stereocenters. The van der Waals surface area contributed by atoms with E-state index >= 15 is 0 Å². The highest BCUT2D eigenvalue weighted by atomic mass is 32.2. The molecule has 0 radical (unpaired) electrons. The molecule has 15 heteroatoms. The van der Waals surface area contributed by atoms with Crippen LogP contribution < -0.4 is 0 Å². The van der Waals surface area contributed by atoms with Gasteiger partial charge in [0, 0.05) is 0 Å². The number of carbonyl (C=O) groups excluding carboxylic acids is 3. The minimum absolute atomic E-state index is 0.0287. The summed E-state index contributed by atoms with van der Waals surface area (Å²) in [7, 11) is -6.41. The van der Waals surface area contributed by atoms with Crippen LogP contribution in [0.5, 0.6) is 0 Å². The maximum absolute atomic E-state index is 13.4. The standard InChI is InChI=1S/C28H23F3O11S/c29-28(30,31)43(36,37)42-21-20(16-38-24(32)17-10-4-1-5-11-17)39-27(35)23(41-26(34)19-14-8-3-9-15-19)22(21)40-25(33)18-12-6-2-7-13-18/h1-15,20-23,27,35H,16H2. The van der Waals surface area contributed by atoms with Gasteiger partial charge in [0.05, 0.1) is 16.7 Å². The molecule has 3 aromatic rings. The molecule has 1 aliphatic rings. The van der Waals surface area contributed by atoms with Gasteiger partial charge in [-0.05, 0) is 36.4 Å². The molecule has 11 nitrogen and oxygen atoms in total. The van der Waals surface area contributed by atoms with Crippen LogP contribution in [0.15, 0.2) is 91.0 Å². The fourth-order valence-electron chi connectivity index (χ4n) is 3.95. The average Bonchev–Trinajstić information content (AvgIpc) is 2.99. The summed E-state index contributed by atoms with van der Waals surface area (Å²) < 4.78 is 90.0. The van der Waals surface area contributed by atoms with Crippen molar-refractivity contribution in [2.75, 3.05) is 6.61 Å². The lowest BCUT2D eigenvalue weighted by Crippen LogP contribution is -2.63. The smallest absolute Gasteiger partial charge is 0.459 e. The first-order chi connectivity index (χ1) is 20.4. The average molecular weight is 625 g/mol. The Balaban J connectivity index is 1.71. The molecule has 4 rings (SSSR count). The molecule has 1 saturated heterocycles. The summed E-state index contributed by atoms with van der Waals surface area (Å²) in [5.74, 6) is -3.30. The summed E-state index contributed by atoms with van der Waals surface area (Å²) in [5.41, 5.74) is -6.11. The highest BCUT2D eigenvalue weighted by molar-refractivity contribution is 7.87. The SMILES string of the molecule is O=C(OCC1OC(O)C(OC(=O)c2ccccc2)C(OC(=O)c2ccccc2)C1OS(=O)(=O)C(F)(F)F)c1ccccc1. The van der Waals surface area contributed by atoms with Gasteiger partial charge < -0.3 is 24.1 Å². The number of carbonyl (C=O) groups is 3. The Morgan fingerprint density at radius 1 is 0.698 bits per heavy atom. The normalized spacial score (nSPS) is 22.3. The Kier molecular flexibility index (Phi) is 9.80. The van der Waals surface area contributed by atoms with Crippen molar-refractivity contribution < 1.29 is 64.2 Å². The van der Waals surface area contributed by atoms with E-state index in [1.807, 2.05) is 0 Å². The topological polar surface area (TPSA) is 152 Å². The Labute approximate surface area is 242 Å². The zero-order valence-corrected chi connectivity index (χ0v) is 22.6. The first-order valence-electron chi connectivity index (χ1n) is 12.4. The van der Waals surface area contributed by atoms with Gasteiger partial charge in [0.1, 0.15) is 18.8 Å². The molecule has 0 saturated carbocycles. The minimum atomic E-state index is -6.41. The second-order valence-electron chi connectivity index (χ2n) is 8.96. The van der Waals surface area contributed by atoms with E-state index < -0.39 is 70.8 Å². The number of hydrogen-bond acceptors (Lipinski definition) is 11. The lowest BCUT2D eigenvalue weighted by molar-refractivity contribution is -0.280. The molecule has 0 bridgehead atoms.